The Bertz CT molecular complexity index is 1250. The van der Waals surface area contributed by atoms with Crippen molar-refractivity contribution in [2.24, 2.45) is 5.16 Å². The third kappa shape index (κ3) is 6.18. The minimum atomic E-state index is -1.27. The number of tetrazole rings is 1. The van der Waals surface area contributed by atoms with Crippen LogP contribution in [0.2, 0.25) is 0 Å². The zero-order valence-corrected chi connectivity index (χ0v) is 22.6. The van der Waals surface area contributed by atoms with E-state index in [1.807, 2.05) is 0 Å². The number of rotatable bonds is 12. The monoisotopic (exact) mass is 607 g/mol. The molecule has 0 aromatic carbocycles. The van der Waals surface area contributed by atoms with E-state index in [1.54, 1.807) is 0 Å². The Morgan fingerprint density at radius 3 is 2.79 bits per heavy atom. The van der Waals surface area contributed by atoms with Gasteiger partial charge in [-0.3, -0.25) is 14.5 Å². The first-order valence-electron chi connectivity index (χ1n) is 10.6. The number of aliphatic hydroxyl groups excluding tert-OH is 2. The van der Waals surface area contributed by atoms with Crippen molar-refractivity contribution in [1.82, 2.24) is 35.4 Å². The van der Waals surface area contributed by atoms with E-state index in [0.29, 0.717) is 16.5 Å². The van der Waals surface area contributed by atoms with E-state index in [0.717, 1.165) is 16.2 Å². The average molecular weight is 608 g/mol. The van der Waals surface area contributed by atoms with E-state index in [1.165, 1.54) is 33.6 Å². The fourth-order valence-corrected chi connectivity index (χ4v) is 6.38. The number of aromatic nitrogens is 5. The molecule has 2 aliphatic heterocycles. The summed E-state index contributed by atoms with van der Waals surface area (Å²) < 4.78 is 1.39. The summed E-state index contributed by atoms with van der Waals surface area (Å²) >= 11 is 3.56. The summed E-state index contributed by atoms with van der Waals surface area (Å²) in [5, 5.41) is 46.8. The minimum Gasteiger partial charge on any atom is -0.477 e. The van der Waals surface area contributed by atoms with Gasteiger partial charge >= 0.3 is 5.97 Å². The van der Waals surface area contributed by atoms with Crippen molar-refractivity contribution in [1.29, 1.82) is 0 Å². The van der Waals surface area contributed by atoms with E-state index < -0.39 is 29.2 Å². The van der Waals surface area contributed by atoms with Crippen molar-refractivity contribution in [3.8, 4) is 0 Å². The van der Waals surface area contributed by atoms with Gasteiger partial charge in [0.1, 0.15) is 29.4 Å². The molecule has 0 radical (unpaired) electrons. The zero-order chi connectivity index (χ0) is 26.5. The van der Waals surface area contributed by atoms with Crippen LogP contribution in [-0.2, 0) is 25.8 Å². The number of oxime groups is 1. The van der Waals surface area contributed by atoms with E-state index in [2.05, 4.69) is 31.0 Å². The summed E-state index contributed by atoms with van der Waals surface area (Å²) in [6.45, 7) is -0.462. The van der Waals surface area contributed by atoms with Crippen LogP contribution in [0.15, 0.2) is 27.0 Å². The Morgan fingerprint density at radius 2 is 2.13 bits per heavy atom. The molecule has 2 amide bonds. The van der Waals surface area contributed by atoms with Gasteiger partial charge in [0.05, 0.1) is 19.8 Å². The highest BCUT2D eigenvalue weighted by atomic mass is 35.5. The molecule has 0 aliphatic carbocycles. The van der Waals surface area contributed by atoms with Crippen molar-refractivity contribution in [2.45, 2.75) is 23.1 Å². The summed E-state index contributed by atoms with van der Waals surface area (Å²) in [5.41, 5.74) is 5.88. The second-order valence-electron chi connectivity index (χ2n) is 7.38. The van der Waals surface area contributed by atoms with Gasteiger partial charge < -0.3 is 31.2 Å². The molecule has 0 spiro atoms. The number of hydrogen-bond donors (Lipinski definition) is 5. The number of hydrogen-bond acceptors (Lipinski definition) is 15. The van der Waals surface area contributed by atoms with Gasteiger partial charge in [0, 0.05) is 16.9 Å². The maximum atomic E-state index is 13.0. The lowest BCUT2D eigenvalue weighted by Gasteiger charge is -2.49. The summed E-state index contributed by atoms with van der Waals surface area (Å²) in [6.07, 6.45) is 0. The molecule has 0 saturated carbocycles. The van der Waals surface area contributed by atoms with Crippen molar-refractivity contribution in [2.75, 3.05) is 37.1 Å². The normalized spacial score (nSPS) is 18.9. The molecule has 16 nitrogen and oxygen atoms in total. The van der Waals surface area contributed by atoms with Crippen molar-refractivity contribution < 1.29 is 34.5 Å². The number of nitrogen functional groups attached to an aromatic ring is 1. The Morgan fingerprint density at radius 1 is 1.34 bits per heavy atom. The molecule has 20 heteroatoms. The third-order valence-corrected chi connectivity index (χ3v) is 8.10. The molecule has 1 fully saturated rings. The highest BCUT2D eigenvalue weighted by Gasteiger charge is 2.54. The molecule has 1 saturated heterocycles. The second-order valence-corrected chi connectivity index (χ2v) is 10.3. The van der Waals surface area contributed by atoms with Crippen LogP contribution in [0.5, 0.6) is 0 Å². The van der Waals surface area contributed by atoms with Crippen LogP contribution in [0, 0.1) is 0 Å². The molecule has 6 N–H and O–H groups in total. The lowest BCUT2D eigenvalue weighted by molar-refractivity contribution is -0.150. The van der Waals surface area contributed by atoms with E-state index in [-0.39, 0.29) is 66.8 Å². The molecule has 2 aromatic heterocycles. The quantitative estimate of drug-likeness (QED) is 0.0599. The number of halogens is 1. The molecule has 4 heterocycles. The molecular formula is C18H22ClN9O7S3. The average Bonchev–Trinajstić information content (AvgIpc) is 3.51. The standard InChI is InChI=1S/C18H21N9O7S3.ClH/c19-17-20-9(7-36-17)10(23-34-4-3-29)13(30)21-11-14(31)27-12(16(32)33)8(5-35-15(11)27)6-37-18-22-24-25-26(18)1-2-28;/h7,11,15,28-29H,1-6H2,(H2,19,20)(H,21,30)(H,32,33);1H/t11?,15-;/m0./s1. The number of aliphatic carboxylic acids is 1. The van der Waals surface area contributed by atoms with Gasteiger partial charge in [0.15, 0.2) is 10.8 Å². The van der Waals surface area contributed by atoms with Crippen LogP contribution in [-0.4, -0.2) is 112 Å². The number of β-lactam (4-membered cyclic amide) rings is 1. The molecular weight excluding hydrogens is 586 g/mol. The first-order chi connectivity index (χ1) is 17.8. The Hall–Kier alpha value is -2.97. The number of carboxylic acid groups (broad SMARTS) is 1. The van der Waals surface area contributed by atoms with E-state index in [4.69, 9.17) is 20.8 Å². The van der Waals surface area contributed by atoms with Crippen LogP contribution in [0.4, 0.5) is 5.13 Å². The lowest BCUT2D eigenvalue weighted by atomic mass is 10.0. The predicted molar refractivity (Wildman–Crippen MR) is 139 cm³/mol. The van der Waals surface area contributed by atoms with Crippen LogP contribution >= 0.6 is 47.3 Å². The number of nitrogens with zero attached hydrogens (tertiary/aromatic N) is 7. The number of carbonyl (C=O) groups is 3. The van der Waals surface area contributed by atoms with Crippen molar-refractivity contribution in [3.63, 3.8) is 0 Å². The van der Waals surface area contributed by atoms with Crippen LogP contribution in [0.25, 0.3) is 0 Å². The molecule has 206 valence electrons. The topological polar surface area (TPSA) is 231 Å². The van der Waals surface area contributed by atoms with Crippen molar-refractivity contribution in [3.05, 3.63) is 22.3 Å². The summed E-state index contributed by atoms with van der Waals surface area (Å²) in [7, 11) is 0. The minimum absolute atomic E-state index is 0. The Labute approximate surface area is 233 Å². The molecule has 2 aliphatic rings. The highest BCUT2D eigenvalue weighted by Crippen LogP contribution is 2.41. The van der Waals surface area contributed by atoms with Crippen molar-refractivity contribution >= 4 is 75.9 Å². The molecule has 0 bridgehead atoms. The number of thioether (sulfide) groups is 2. The maximum Gasteiger partial charge on any atom is 0.352 e. The van der Waals surface area contributed by atoms with E-state index >= 15 is 0 Å². The van der Waals surface area contributed by atoms with Gasteiger partial charge in [0.25, 0.3) is 11.8 Å². The Balaban J connectivity index is 0.00000400. The van der Waals surface area contributed by atoms with E-state index in [9.17, 15) is 19.5 Å². The number of fused-ring (bicyclic) bond motifs is 1. The first kappa shape index (κ1) is 29.6. The molecule has 2 aromatic rings. The third-order valence-electron chi connectivity index (χ3n) is 5.04. The maximum absolute atomic E-state index is 13.0. The predicted octanol–water partition coefficient (Wildman–Crippen LogP) is -1.63. The SMILES string of the molecule is Cl.Nc1nc(C(=NOCCO)C(=O)NC2C(=O)N3C(C(=O)O)=C(CSc4nnnn4CCO)CS[C@@H]23)cs1. The molecule has 38 heavy (non-hydrogen) atoms. The number of aliphatic hydroxyl groups is 2. The van der Waals surface area contributed by atoms with Gasteiger partial charge in [-0.05, 0) is 16.0 Å². The number of anilines is 1. The smallest absolute Gasteiger partial charge is 0.352 e. The largest absolute Gasteiger partial charge is 0.477 e. The van der Waals surface area contributed by atoms with Gasteiger partial charge in [-0.15, -0.1) is 40.6 Å². The van der Waals surface area contributed by atoms with Gasteiger partial charge in [0.2, 0.25) is 5.16 Å². The fraction of sp³-hybridized carbons (Fsp3) is 0.444. The number of amides is 2. The van der Waals surface area contributed by atoms with Gasteiger partial charge in [-0.25, -0.2) is 14.5 Å². The number of nitrogens with two attached hydrogens (primary N) is 1. The van der Waals surface area contributed by atoms with Crippen LogP contribution < -0.4 is 11.1 Å². The molecule has 1 unspecified atom stereocenters. The van der Waals surface area contributed by atoms with Gasteiger partial charge in [-0.1, -0.05) is 16.9 Å². The van der Waals surface area contributed by atoms with Gasteiger partial charge in [-0.2, -0.15) is 0 Å². The first-order valence-corrected chi connectivity index (χ1v) is 13.5. The Kier molecular flexibility index (Phi) is 10.3. The molecule has 4 rings (SSSR count). The summed E-state index contributed by atoms with van der Waals surface area (Å²) in [6, 6.07) is -1.00. The van der Waals surface area contributed by atoms with Crippen LogP contribution in [0.3, 0.4) is 0 Å². The number of carbonyl (C=O) groups excluding carboxylic acids is 2. The number of carboxylic acids is 1. The number of thiazole rings is 1. The summed E-state index contributed by atoms with van der Waals surface area (Å²) in [5.74, 6) is -2.13. The van der Waals surface area contributed by atoms with Crippen LogP contribution in [0.1, 0.15) is 5.69 Å². The summed E-state index contributed by atoms with van der Waals surface area (Å²) in [4.78, 5) is 48.1. The second kappa shape index (κ2) is 13.2. The fourth-order valence-electron chi connectivity index (χ4n) is 3.44. The molecule has 2 atom stereocenters. The zero-order valence-electron chi connectivity index (χ0n) is 19.3. The lowest BCUT2D eigenvalue weighted by Crippen LogP contribution is -2.71. The number of nitrogens with one attached hydrogen (secondary N) is 1. The highest BCUT2D eigenvalue weighted by molar-refractivity contribution is 8.01.